The molecule has 0 saturated heterocycles. The summed E-state index contributed by atoms with van der Waals surface area (Å²) in [4.78, 5) is 17.2. The standard InChI is InChI=1S/C18H28ClNO3S/c1-2-24-12-5-7-15-13-17(21)16(18(22)14-15)8-3-4-10-20-23-11-6-9-19/h6,9-10,15,21H,2-5,7-8,11-14H2,1H3. The van der Waals surface area contributed by atoms with E-state index in [4.69, 9.17) is 16.4 Å². The summed E-state index contributed by atoms with van der Waals surface area (Å²) < 4.78 is 0. The second kappa shape index (κ2) is 13.4. The fraction of sp³-hybridized carbons (Fsp3) is 0.667. The minimum absolute atomic E-state index is 0.118. The quantitative estimate of drug-likeness (QED) is 0.289. The van der Waals surface area contributed by atoms with Gasteiger partial charge in [-0.15, -0.1) is 0 Å². The van der Waals surface area contributed by atoms with Gasteiger partial charge in [-0.05, 0) is 55.6 Å². The van der Waals surface area contributed by atoms with Gasteiger partial charge >= 0.3 is 0 Å². The predicted molar refractivity (Wildman–Crippen MR) is 103 cm³/mol. The van der Waals surface area contributed by atoms with Gasteiger partial charge in [0.2, 0.25) is 0 Å². The van der Waals surface area contributed by atoms with E-state index < -0.39 is 0 Å². The molecular weight excluding hydrogens is 346 g/mol. The van der Waals surface area contributed by atoms with E-state index in [0.29, 0.717) is 49.5 Å². The molecule has 0 spiro atoms. The first-order valence-corrected chi connectivity index (χ1v) is 10.2. The van der Waals surface area contributed by atoms with Crippen LogP contribution in [0, 0.1) is 5.92 Å². The van der Waals surface area contributed by atoms with Crippen molar-refractivity contribution in [2.75, 3.05) is 18.1 Å². The van der Waals surface area contributed by atoms with E-state index in [1.165, 1.54) is 5.54 Å². The van der Waals surface area contributed by atoms with Crippen molar-refractivity contribution in [2.45, 2.75) is 51.9 Å². The number of allylic oxidation sites excluding steroid dienone is 2. The molecular formula is C18H28ClNO3S. The number of carbonyl (C=O) groups is 1. The van der Waals surface area contributed by atoms with Crippen LogP contribution in [0.25, 0.3) is 0 Å². The topological polar surface area (TPSA) is 58.9 Å². The van der Waals surface area contributed by atoms with Crippen LogP contribution in [0.4, 0.5) is 0 Å². The van der Waals surface area contributed by atoms with Crippen molar-refractivity contribution >= 4 is 35.4 Å². The van der Waals surface area contributed by atoms with E-state index >= 15 is 0 Å². The lowest BCUT2D eigenvalue weighted by molar-refractivity contribution is -0.117. The molecule has 0 heterocycles. The highest BCUT2D eigenvalue weighted by Crippen LogP contribution is 2.31. The highest BCUT2D eigenvalue weighted by molar-refractivity contribution is 7.99. The average Bonchev–Trinajstić information content (AvgIpc) is 2.56. The monoisotopic (exact) mass is 373 g/mol. The van der Waals surface area contributed by atoms with Crippen LogP contribution in [0.15, 0.2) is 28.1 Å². The third kappa shape index (κ3) is 8.78. The molecule has 0 aromatic rings. The smallest absolute Gasteiger partial charge is 0.162 e. The first kappa shape index (κ1) is 21.1. The van der Waals surface area contributed by atoms with Gasteiger partial charge in [0.15, 0.2) is 5.78 Å². The van der Waals surface area contributed by atoms with E-state index in [2.05, 4.69) is 12.1 Å². The number of Topliss-reactive ketones (excluding diaryl/α,β-unsaturated/α-hetero) is 1. The largest absolute Gasteiger partial charge is 0.512 e. The normalized spacial score (nSPS) is 18.9. The minimum atomic E-state index is 0.118. The average molecular weight is 374 g/mol. The highest BCUT2D eigenvalue weighted by atomic mass is 35.5. The lowest BCUT2D eigenvalue weighted by atomic mass is 9.83. The lowest BCUT2D eigenvalue weighted by Crippen LogP contribution is -2.20. The molecule has 4 nitrogen and oxygen atoms in total. The molecule has 0 saturated carbocycles. The number of halogens is 1. The Morgan fingerprint density at radius 1 is 1.42 bits per heavy atom. The van der Waals surface area contributed by atoms with E-state index in [9.17, 15) is 9.90 Å². The molecule has 0 fully saturated rings. The van der Waals surface area contributed by atoms with Gasteiger partial charge in [-0.3, -0.25) is 4.79 Å². The van der Waals surface area contributed by atoms with Gasteiger partial charge in [-0.1, -0.05) is 23.7 Å². The lowest BCUT2D eigenvalue weighted by Gasteiger charge is -2.23. The van der Waals surface area contributed by atoms with E-state index in [0.717, 1.165) is 30.8 Å². The Labute approximate surface area is 154 Å². The second-order valence-electron chi connectivity index (χ2n) is 5.80. The summed E-state index contributed by atoms with van der Waals surface area (Å²) in [5.74, 6) is 3.01. The highest BCUT2D eigenvalue weighted by Gasteiger charge is 2.26. The van der Waals surface area contributed by atoms with Gasteiger partial charge in [-0.2, -0.15) is 11.8 Å². The van der Waals surface area contributed by atoms with Gasteiger partial charge in [0.05, 0.1) is 5.76 Å². The molecule has 0 aliphatic heterocycles. The number of hydrogen-bond donors (Lipinski definition) is 1. The van der Waals surface area contributed by atoms with Crippen molar-refractivity contribution in [3.8, 4) is 0 Å². The van der Waals surface area contributed by atoms with E-state index in [1.807, 2.05) is 11.8 Å². The molecule has 1 N–H and O–H groups in total. The van der Waals surface area contributed by atoms with E-state index in [-0.39, 0.29) is 5.78 Å². The number of thioether (sulfide) groups is 1. The number of unbranched alkanes of at least 4 members (excludes halogenated alkanes) is 1. The van der Waals surface area contributed by atoms with Gasteiger partial charge in [0.25, 0.3) is 0 Å². The van der Waals surface area contributed by atoms with Crippen LogP contribution in [-0.4, -0.2) is 35.2 Å². The summed E-state index contributed by atoms with van der Waals surface area (Å²) in [5.41, 5.74) is 2.00. The molecule has 1 atom stereocenters. The molecule has 1 rings (SSSR count). The van der Waals surface area contributed by atoms with Crippen LogP contribution in [0.3, 0.4) is 0 Å². The first-order chi connectivity index (χ1) is 11.7. The number of rotatable bonds is 12. The molecule has 6 heteroatoms. The maximum atomic E-state index is 12.2. The van der Waals surface area contributed by atoms with Gasteiger partial charge in [0, 0.05) is 30.2 Å². The van der Waals surface area contributed by atoms with Crippen molar-refractivity contribution < 1.29 is 14.7 Å². The van der Waals surface area contributed by atoms with Gasteiger partial charge in [0.1, 0.15) is 6.61 Å². The Kier molecular flexibility index (Phi) is 11.7. The number of oxime groups is 1. The van der Waals surface area contributed by atoms with E-state index in [1.54, 1.807) is 12.3 Å². The van der Waals surface area contributed by atoms with Gasteiger partial charge in [-0.25, -0.2) is 0 Å². The molecule has 0 aromatic carbocycles. The third-order valence-electron chi connectivity index (χ3n) is 3.92. The fourth-order valence-corrected chi connectivity index (χ4v) is 3.45. The zero-order valence-corrected chi connectivity index (χ0v) is 16.0. The summed E-state index contributed by atoms with van der Waals surface area (Å²) in [7, 11) is 0. The third-order valence-corrected chi connectivity index (χ3v) is 5.08. The molecule has 0 radical (unpaired) electrons. The predicted octanol–water partition coefficient (Wildman–Crippen LogP) is 5.24. The Bertz CT molecular complexity index is 463. The second-order valence-corrected chi connectivity index (χ2v) is 7.45. The minimum Gasteiger partial charge on any atom is -0.512 e. The molecule has 136 valence electrons. The maximum absolute atomic E-state index is 12.2. The number of aliphatic hydroxyl groups excluding tert-OH is 1. The number of hydrogen-bond acceptors (Lipinski definition) is 5. The Balaban J connectivity index is 2.28. The summed E-state index contributed by atoms with van der Waals surface area (Å²) in [6, 6.07) is 0. The molecule has 0 aromatic heterocycles. The van der Waals surface area contributed by atoms with Crippen LogP contribution in [0.1, 0.15) is 51.9 Å². The zero-order valence-electron chi connectivity index (χ0n) is 14.4. The summed E-state index contributed by atoms with van der Waals surface area (Å²) >= 11 is 7.28. The molecule has 1 aliphatic rings. The van der Waals surface area contributed by atoms with Crippen LogP contribution >= 0.6 is 23.4 Å². The van der Waals surface area contributed by atoms with Crippen LogP contribution in [0.5, 0.6) is 0 Å². The fourth-order valence-electron chi connectivity index (χ4n) is 2.72. The van der Waals surface area contributed by atoms with Crippen molar-refractivity contribution in [2.24, 2.45) is 11.1 Å². The molecule has 1 unspecified atom stereocenters. The number of carbonyl (C=O) groups excluding carboxylic acids is 1. The molecule has 0 amide bonds. The summed E-state index contributed by atoms with van der Waals surface area (Å²) in [5, 5.41) is 14.0. The maximum Gasteiger partial charge on any atom is 0.162 e. The Hall–Kier alpha value is -0.940. The van der Waals surface area contributed by atoms with Crippen LogP contribution in [-0.2, 0) is 9.63 Å². The number of nitrogens with zero attached hydrogens (tertiary/aromatic N) is 1. The van der Waals surface area contributed by atoms with Crippen molar-refractivity contribution in [1.29, 1.82) is 0 Å². The summed E-state index contributed by atoms with van der Waals surface area (Å²) in [6.07, 6.45) is 8.81. The van der Waals surface area contributed by atoms with Crippen LogP contribution in [0.2, 0.25) is 0 Å². The van der Waals surface area contributed by atoms with Crippen molar-refractivity contribution in [3.63, 3.8) is 0 Å². The zero-order chi connectivity index (χ0) is 17.6. The Morgan fingerprint density at radius 3 is 2.96 bits per heavy atom. The van der Waals surface area contributed by atoms with Crippen molar-refractivity contribution in [1.82, 2.24) is 0 Å². The number of ketones is 1. The van der Waals surface area contributed by atoms with Crippen LogP contribution < -0.4 is 0 Å². The number of aliphatic hydroxyl groups is 1. The van der Waals surface area contributed by atoms with Gasteiger partial charge < -0.3 is 9.94 Å². The van der Waals surface area contributed by atoms with Crippen molar-refractivity contribution in [3.05, 3.63) is 22.9 Å². The SMILES string of the molecule is CCSCCCC1CC(=O)C(CCCC=NOCC=CCl)=C(O)C1. The Morgan fingerprint density at radius 2 is 2.25 bits per heavy atom. The molecule has 24 heavy (non-hydrogen) atoms. The summed E-state index contributed by atoms with van der Waals surface area (Å²) in [6.45, 7) is 2.51. The first-order valence-electron chi connectivity index (χ1n) is 8.60. The molecule has 1 aliphatic carbocycles. The molecule has 0 bridgehead atoms.